The van der Waals surface area contributed by atoms with Crippen molar-refractivity contribution in [3.63, 3.8) is 0 Å². The van der Waals surface area contributed by atoms with E-state index in [2.05, 4.69) is 18.7 Å². The number of hydrogen-bond donors (Lipinski definition) is 1. The van der Waals surface area contributed by atoms with E-state index in [4.69, 9.17) is 5.26 Å². The van der Waals surface area contributed by atoms with Crippen LogP contribution in [0.2, 0.25) is 0 Å². The van der Waals surface area contributed by atoms with Crippen molar-refractivity contribution in [2.45, 2.75) is 30.4 Å². The number of thiol groups is 1. The third-order valence-electron chi connectivity index (χ3n) is 2.50. The summed E-state index contributed by atoms with van der Waals surface area (Å²) in [5.41, 5.74) is 0.609. The molecule has 0 heterocycles. The zero-order valence-corrected chi connectivity index (χ0v) is 6.12. The van der Waals surface area contributed by atoms with Crippen molar-refractivity contribution < 1.29 is 0 Å². The SMILES string of the molecule is N#CC1(S)CC2(CC2)C1. The Morgan fingerprint density at radius 1 is 1.33 bits per heavy atom. The smallest absolute Gasteiger partial charge is 0.101 e. The van der Waals surface area contributed by atoms with Crippen LogP contribution in [-0.4, -0.2) is 4.75 Å². The quantitative estimate of drug-likeness (QED) is 0.508. The van der Waals surface area contributed by atoms with Crippen molar-refractivity contribution >= 4 is 12.6 Å². The Morgan fingerprint density at radius 3 is 2.22 bits per heavy atom. The molecular formula is C7H9NS. The van der Waals surface area contributed by atoms with Crippen molar-refractivity contribution in [2.75, 3.05) is 0 Å². The van der Waals surface area contributed by atoms with Crippen LogP contribution in [-0.2, 0) is 0 Å². The Hall–Kier alpha value is -0.160. The Balaban J connectivity index is 2.04. The minimum atomic E-state index is -0.240. The zero-order valence-electron chi connectivity index (χ0n) is 5.22. The summed E-state index contributed by atoms with van der Waals surface area (Å²) in [6, 6.07) is 2.24. The van der Waals surface area contributed by atoms with Crippen molar-refractivity contribution in [1.82, 2.24) is 0 Å². The van der Waals surface area contributed by atoms with Gasteiger partial charge in [-0.2, -0.15) is 17.9 Å². The van der Waals surface area contributed by atoms with Gasteiger partial charge in [0.2, 0.25) is 0 Å². The predicted octanol–water partition coefficient (Wildman–Crippen LogP) is 1.75. The molecule has 0 saturated heterocycles. The standard InChI is InChI=1S/C7H9NS/c8-5-7(9)3-6(4-7)1-2-6/h9H,1-4H2. The lowest BCUT2D eigenvalue weighted by molar-refractivity contribution is 0.253. The van der Waals surface area contributed by atoms with Crippen LogP contribution in [0, 0.1) is 16.7 Å². The molecule has 0 bridgehead atoms. The third kappa shape index (κ3) is 0.679. The van der Waals surface area contributed by atoms with E-state index in [1.807, 2.05) is 0 Å². The van der Waals surface area contributed by atoms with Gasteiger partial charge in [0.1, 0.15) is 4.75 Å². The summed E-state index contributed by atoms with van der Waals surface area (Å²) in [5.74, 6) is 0. The molecule has 0 aromatic rings. The number of nitriles is 1. The average molecular weight is 139 g/mol. The highest BCUT2D eigenvalue weighted by atomic mass is 32.1. The second kappa shape index (κ2) is 1.29. The van der Waals surface area contributed by atoms with E-state index < -0.39 is 0 Å². The molecule has 2 aliphatic carbocycles. The lowest BCUT2D eigenvalue weighted by atomic mass is 9.72. The lowest BCUT2D eigenvalue weighted by Gasteiger charge is -2.39. The van der Waals surface area contributed by atoms with Crippen LogP contribution in [0.15, 0.2) is 0 Å². The highest BCUT2D eigenvalue weighted by Crippen LogP contribution is 2.66. The zero-order chi connectivity index (χ0) is 6.54. The van der Waals surface area contributed by atoms with Crippen molar-refractivity contribution in [1.29, 1.82) is 5.26 Å². The van der Waals surface area contributed by atoms with Gasteiger partial charge in [0.05, 0.1) is 6.07 Å². The van der Waals surface area contributed by atoms with Crippen LogP contribution in [0.4, 0.5) is 0 Å². The minimum absolute atomic E-state index is 0.240. The van der Waals surface area contributed by atoms with Crippen LogP contribution < -0.4 is 0 Å². The Labute approximate surface area is 60.5 Å². The van der Waals surface area contributed by atoms with Gasteiger partial charge in [-0.3, -0.25) is 0 Å². The van der Waals surface area contributed by atoms with Crippen LogP contribution in [0.25, 0.3) is 0 Å². The Morgan fingerprint density at radius 2 is 1.89 bits per heavy atom. The fraction of sp³-hybridized carbons (Fsp3) is 0.857. The topological polar surface area (TPSA) is 23.8 Å². The largest absolute Gasteiger partial charge is 0.197 e. The Kier molecular flexibility index (Phi) is 0.806. The van der Waals surface area contributed by atoms with Crippen LogP contribution in [0.3, 0.4) is 0 Å². The van der Waals surface area contributed by atoms with E-state index in [-0.39, 0.29) is 4.75 Å². The molecule has 0 N–H and O–H groups in total. The van der Waals surface area contributed by atoms with Crippen LogP contribution >= 0.6 is 12.6 Å². The van der Waals surface area contributed by atoms with Crippen LogP contribution in [0.5, 0.6) is 0 Å². The highest BCUT2D eigenvalue weighted by Gasteiger charge is 2.59. The van der Waals surface area contributed by atoms with Crippen molar-refractivity contribution in [3.8, 4) is 6.07 Å². The summed E-state index contributed by atoms with van der Waals surface area (Å²) in [6.07, 6.45) is 4.77. The molecule has 2 fully saturated rings. The second-order valence-electron chi connectivity index (χ2n) is 3.50. The molecule has 0 atom stereocenters. The molecule has 9 heavy (non-hydrogen) atoms. The van der Waals surface area contributed by atoms with Gasteiger partial charge in [0, 0.05) is 0 Å². The number of hydrogen-bond acceptors (Lipinski definition) is 2. The van der Waals surface area contributed by atoms with Gasteiger partial charge in [-0.05, 0) is 31.1 Å². The first-order valence-electron chi connectivity index (χ1n) is 3.32. The van der Waals surface area contributed by atoms with Gasteiger partial charge in [-0.25, -0.2) is 0 Å². The molecule has 0 amide bonds. The lowest BCUT2D eigenvalue weighted by Crippen LogP contribution is -2.38. The average Bonchev–Trinajstić information content (AvgIpc) is 2.46. The molecule has 2 aliphatic rings. The van der Waals surface area contributed by atoms with Gasteiger partial charge in [0.25, 0.3) is 0 Å². The molecule has 0 aliphatic heterocycles. The van der Waals surface area contributed by atoms with Crippen LogP contribution in [0.1, 0.15) is 25.7 Å². The summed E-state index contributed by atoms with van der Waals surface area (Å²) in [5, 5.41) is 8.58. The molecule has 0 radical (unpaired) electrons. The van der Waals surface area contributed by atoms with E-state index in [1.165, 1.54) is 12.8 Å². The van der Waals surface area contributed by atoms with E-state index in [9.17, 15) is 0 Å². The maximum atomic E-state index is 8.58. The maximum absolute atomic E-state index is 8.58. The van der Waals surface area contributed by atoms with E-state index in [0.29, 0.717) is 5.41 Å². The van der Waals surface area contributed by atoms with E-state index in [0.717, 1.165) is 12.8 Å². The summed E-state index contributed by atoms with van der Waals surface area (Å²) in [6.45, 7) is 0. The summed E-state index contributed by atoms with van der Waals surface area (Å²) in [4.78, 5) is 0. The molecule has 0 unspecified atom stereocenters. The molecule has 1 spiro atoms. The van der Waals surface area contributed by atoms with Gasteiger partial charge in [-0.1, -0.05) is 0 Å². The van der Waals surface area contributed by atoms with Gasteiger partial charge >= 0.3 is 0 Å². The summed E-state index contributed by atoms with van der Waals surface area (Å²) >= 11 is 4.27. The molecule has 2 rings (SSSR count). The van der Waals surface area contributed by atoms with Gasteiger partial charge in [-0.15, -0.1) is 0 Å². The van der Waals surface area contributed by atoms with Gasteiger partial charge < -0.3 is 0 Å². The molecule has 1 nitrogen and oxygen atoms in total. The third-order valence-corrected chi connectivity index (χ3v) is 2.92. The predicted molar refractivity (Wildman–Crippen MR) is 38.2 cm³/mol. The second-order valence-corrected chi connectivity index (χ2v) is 4.35. The normalized spacial score (nSPS) is 32.9. The first-order valence-corrected chi connectivity index (χ1v) is 3.77. The van der Waals surface area contributed by atoms with E-state index >= 15 is 0 Å². The monoisotopic (exact) mass is 139 g/mol. The molecular weight excluding hydrogens is 130 g/mol. The molecule has 0 aromatic heterocycles. The number of rotatable bonds is 0. The fourth-order valence-corrected chi connectivity index (χ4v) is 2.47. The number of nitrogens with zero attached hydrogens (tertiary/aromatic N) is 1. The Bertz CT molecular complexity index is 180. The maximum Gasteiger partial charge on any atom is 0.101 e. The first kappa shape index (κ1) is 5.61. The summed E-state index contributed by atoms with van der Waals surface area (Å²) in [7, 11) is 0. The van der Waals surface area contributed by atoms with Gasteiger partial charge in [0.15, 0.2) is 0 Å². The highest BCUT2D eigenvalue weighted by molar-refractivity contribution is 7.82. The molecule has 2 heteroatoms. The molecule has 48 valence electrons. The first-order chi connectivity index (χ1) is 4.18. The van der Waals surface area contributed by atoms with Crippen molar-refractivity contribution in [3.05, 3.63) is 0 Å². The fourth-order valence-electron chi connectivity index (χ4n) is 1.80. The van der Waals surface area contributed by atoms with E-state index in [1.54, 1.807) is 0 Å². The molecule has 0 aromatic carbocycles. The summed E-state index contributed by atoms with van der Waals surface area (Å²) < 4.78 is -0.240. The molecule has 2 saturated carbocycles. The van der Waals surface area contributed by atoms with Crippen molar-refractivity contribution in [2.24, 2.45) is 5.41 Å². The minimum Gasteiger partial charge on any atom is -0.197 e.